The molecule has 0 spiro atoms. The van der Waals surface area contributed by atoms with Gasteiger partial charge in [0.15, 0.2) is 17.1 Å². The van der Waals surface area contributed by atoms with E-state index in [0.717, 1.165) is 0 Å². The summed E-state index contributed by atoms with van der Waals surface area (Å²) in [4.78, 5) is 15.5. The smallest absolute Gasteiger partial charge is 0.227 e. The van der Waals surface area contributed by atoms with Crippen LogP contribution >= 0.6 is 0 Å². The van der Waals surface area contributed by atoms with E-state index >= 15 is 0 Å². The molecule has 7 heteroatoms. The summed E-state index contributed by atoms with van der Waals surface area (Å²) < 4.78 is 31.1. The molecule has 0 aliphatic carbocycles. The molecular weight excluding hydrogens is 363 g/mol. The highest BCUT2D eigenvalue weighted by Gasteiger charge is 2.13. The summed E-state index contributed by atoms with van der Waals surface area (Å²) in [6.07, 6.45) is -0.114. The molecule has 2 aromatic carbocycles. The van der Waals surface area contributed by atoms with Crippen molar-refractivity contribution in [3.05, 3.63) is 42.2 Å². The van der Waals surface area contributed by atoms with Crippen molar-refractivity contribution in [2.45, 2.75) is 39.8 Å². The SMILES string of the molecule is CC(=O)N[C@@H](C)COc1ccc2nc(-c3ccc(OC(C)C)c(F)c3)oc2c1. The number of nitrogens with one attached hydrogen (secondary N) is 1. The lowest BCUT2D eigenvalue weighted by Crippen LogP contribution is -2.35. The van der Waals surface area contributed by atoms with Crippen LogP contribution in [-0.4, -0.2) is 29.6 Å². The van der Waals surface area contributed by atoms with Crippen molar-refractivity contribution in [3.63, 3.8) is 0 Å². The van der Waals surface area contributed by atoms with Crippen molar-refractivity contribution in [2.24, 2.45) is 0 Å². The predicted molar refractivity (Wildman–Crippen MR) is 104 cm³/mol. The topological polar surface area (TPSA) is 73.6 Å². The van der Waals surface area contributed by atoms with Crippen LogP contribution in [0.4, 0.5) is 4.39 Å². The molecular formula is C21H23FN2O4. The standard InChI is InChI=1S/C21H23FN2O4/c1-12(2)27-19-8-5-15(9-17(19)22)21-24-18-7-6-16(10-20(18)28-21)26-11-13(3)23-14(4)25/h5-10,12-13H,11H2,1-4H3,(H,23,25)/t13-/m0/s1. The normalized spacial score (nSPS) is 12.2. The number of amides is 1. The van der Waals surface area contributed by atoms with E-state index in [0.29, 0.717) is 34.9 Å². The number of rotatable bonds is 7. The third-order valence-electron chi connectivity index (χ3n) is 3.85. The van der Waals surface area contributed by atoms with E-state index in [1.807, 2.05) is 20.8 Å². The monoisotopic (exact) mass is 386 g/mol. The van der Waals surface area contributed by atoms with E-state index in [-0.39, 0.29) is 23.8 Å². The van der Waals surface area contributed by atoms with Crippen molar-refractivity contribution in [1.29, 1.82) is 0 Å². The van der Waals surface area contributed by atoms with Gasteiger partial charge in [-0.05, 0) is 51.1 Å². The number of aromatic nitrogens is 1. The first-order chi connectivity index (χ1) is 13.3. The van der Waals surface area contributed by atoms with E-state index in [9.17, 15) is 9.18 Å². The third-order valence-corrected chi connectivity index (χ3v) is 3.85. The maximum absolute atomic E-state index is 14.2. The number of ether oxygens (including phenoxy) is 2. The molecule has 0 fully saturated rings. The molecule has 1 aromatic heterocycles. The van der Waals surface area contributed by atoms with Crippen molar-refractivity contribution >= 4 is 17.0 Å². The molecule has 3 rings (SSSR count). The fourth-order valence-corrected chi connectivity index (χ4v) is 2.71. The summed E-state index contributed by atoms with van der Waals surface area (Å²) in [6, 6.07) is 9.76. The van der Waals surface area contributed by atoms with Gasteiger partial charge in [0.05, 0.1) is 12.1 Å². The van der Waals surface area contributed by atoms with Gasteiger partial charge < -0.3 is 19.2 Å². The molecule has 0 bridgehead atoms. The van der Waals surface area contributed by atoms with E-state index in [1.54, 1.807) is 30.3 Å². The highest BCUT2D eigenvalue weighted by Crippen LogP contribution is 2.30. The number of hydrogen-bond acceptors (Lipinski definition) is 5. The van der Waals surface area contributed by atoms with Crippen LogP contribution in [0.3, 0.4) is 0 Å². The Balaban J connectivity index is 1.77. The molecule has 1 atom stereocenters. The molecule has 1 heterocycles. The Morgan fingerprint density at radius 1 is 1.21 bits per heavy atom. The average Bonchev–Trinajstić information content (AvgIpc) is 3.04. The lowest BCUT2D eigenvalue weighted by Gasteiger charge is -2.13. The van der Waals surface area contributed by atoms with E-state index < -0.39 is 5.82 Å². The maximum Gasteiger partial charge on any atom is 0.227 e. The van der Waals surface area contributed by atoms with Gasteiger partial charge in [-0.2, -0.15) is 0 Å². The van der Waals surface area contributed by atoms with Crippen LogP contribution < -0.4 is 14.8 Å². The highest BCUT2D eigenvalue weighted by atomic mass is 19.1. The Morgan fingerprint density at radius 2 is 2.00 bits per heavy atom. The van der Waals surface area contributed by atoms with Crippen molar-refractivity contribution in [1.82, 2.24) is 10.3 Å². The van der Waals surface area contributed by atoms with Crippen molar-refractivity contribution in [2.75, 3.05) is 6.61 Å². The quantitative estimate of drug-likeness (QED) is 0.654. The molecule has 3 aromatic rings. The van der Waals surface area contributed by atoms with Gasteiger partial charge in [0.25, 0.3) is 0 Å². The minimum absolute atomic E-state index is 0.108. The summed E-state index contributed by atoms with van der Waals surface area (Å²) in [7, 11) is 0. The zero-order valence-corrected chi connectivity index (χ0v) is 16.3. The van der Waals surface area contributed by atoms with Crippen LogP contribution in [0.5, 0.6) is 11.5 Å². The molecule has 1 N–H and O–H groups in total. The summed E-state index contributed by atoms with van der Waals surface area (Å²) in [6.45, 7) is 7.32. The maximum atomic E-state index is 14.2. The number of carbonyl (C=O) groups is 1. The molecule has 0 saturated carbocycles. The van der Waals surface area contributed by atoms with Gasteiger partial charge in [-0.1, -0.05) is 0 Å². The minimum Gasteiger partial charge on any atom is -0.491 e. The first-order valence-electron chi connectivity index (χ1n) is 9.09. The predicted octanol–water partition coefficient (Wildman–Crippen LogP) is 4.32. The molecule has 1 amide bonds. The molecule has 0 aliphatic heterocycles. The van der Waals surface area contributed by atoms with E-state index in [1.165, 1.54) is 13.0 Å². The van der Waals surface area contributed by atoms with Gasteiger partial charge in [0.1, 0.15) is 17.9 Å². The molecule has 148 valence electrons. The summed E-state index contributed by atoms with van der Waals surface area (Å²) in [5.41, 5.74) is 1.69. The van der Waals surface area contributed by atoms with Crippen LogP contribution in [0, 0.1) is 5.82 Å². The molecule has 0 saturated heterocycles. The second kappa shape index (κ2) is 8.29. The van der Waals surface area contributed by atoms with Gasteiger partial charge in [-0.15, -0.1) is 0 Å². The van der Waals surface area contributed by atoms with Crippen molar-refractivity contribution < 1.29 is 23.1 Å². The van der Waals surface area contributed by atoms with Crippen LogP contribution in [0.2, 0.25) is 0 Å². The van der Waals surface area contributed by atoms with Crippen LogP contribution in [-0.2, 0) is 4.79 Å². The minimum atomic E-state index is -0.468. The number of benzene rings is 2. The van der Waals surface area contributed by atoms with Gasteiger partial charge in [0.2, 0.25) is 11.8 Å². The van der Waals surface area contributed by atoms with Gasteiger partial charge in [-0.3, -0.25) is 4.79 Å². The zero-order chi connectivity index (χ0) is 20.3. The van der Waals surface area contributed by atoms with Crippen molar-refractivity contribution in [3.8, 4) is 23.0 Å². The molecule has 0 radical (unpaired) electrons. The summed E-state index contributed by atoms with van der Waals surface area (Å²) in [5.74, 6) is 0.528. The fourth-order valence-electron chi connectivity index (χ4n) is 2.71. The highest BCUT2D eigenvalue weighted by molar-refractivity contribution is 5.77. The van der Waals surface area contributed by atoms with Crippen LogP contribution in [0.1, 0.15) is 27.7 Å². The lowest BCUT2D eigenvalue weighted by atomic mass is 10.2. The fraction of sp³-hybridized carbons (Fsp3) is 0.333. The average molecular weight is 386 g/mol. The second-order valence-electron chi connectivity index (χ2n) is 6.87. The first-order valence-corrected chi connectivity index (χ1v) is 9.09. The van der Waals surface area contributed by atoms with Gasteiger partial charge in [0, 0.05) is 18.6 Å². The molecule has 0 aliphatic rings. The largest absolute Gasteiger partial charge is 0.491 e. The Bertz CT molecular complexity index is 984. The first kappa shape index (κ1) is 19.7. The summed E-state index contributed by atoms with van der Waals surface area (Å²) in [5, 5.41) is 2.75. The van der Waals surface area contributed by atoms with Gasteiger partial charge in [-0.25, -0.2) is 9.37 Å². The van der Waals surface area contributed by atoms with Gasteiger partial charge >= 0.3 is 0 Å². The Labute approximate surface area is 162 Å². The number of halogens is 1. The lowest BCUT2D eigenvalue weighted by molar-refractivity contribution is -0.119. The number of fused-ring (bicyclic) bond motifs is 1. The number of nitrogens with zero attached hydrogens (tertiary/aromatic N) is 1. The Kier molecular flexibility index (Phi) is 5.82. The third kappa shape index (κ3) is 4.79. The Morgan fingerprint density at radius 3 is 2.68 bits per heavy atom. The Hall–Kier alpha value is -3.09. The van der Waals surface area contributed by atoms with E-state index in [4.69, 9.17) is 13.9 Å². The van der Waals surface area contributed by atoms with Crippen LogP contribution in [0.15, 0.2) is 40.8 Å². The second-order valence-corrected chi connectivity index (χ2v) is 6.87. The van der Waals surface area contributed by atoms with E-state index in [2.05, 4.69) is 10.3 Å². The molecule has 0 unspecified atom stereocenters. The zero-order valence-electron chi connectivity index (χ0n) is 16.3. The molecule has 28 heavy (non-hydrogen) atoms. The number of oxazole rings is 1. The summed E-state index contributed by atoms with van der Waals surface area (Å²) >= 11 is 0. The van der Waals surface area contributed by atoms with Crippen LogP contribution in [0.25, 0.3) is 22.6 Å². The number of carbonyl (C=O) groups excluding carboxylic acids is 1. The molecule has 6 nitrogen and oxygen atoms in total. The number of hydrogen-bond donors (Lipinski definition) is 1.